The van der Waals surface area contributed by atoms with Gasteiger partial charge in [-0.1, -0.05) is 6.92 Å². The van der Waals surface area contributed by atoms with Crippen LogP contribution < -0.4 is 10.0 Å². The third kappa shape index (κ3) is 4.53. The Kier molecular flexibility index (Phi) is 5.98. The standard InChI is InChI=1S/C13H22N2O3S2/c1-2-5-14-9-11-8-13(19-10-11)20(16,17)15-12-3-6-18-7-4-12/h8,10,12,14-15H,2-7,9H2,1H3. The highest BCUT2D eigenvalue weighted by Crippen LogP contribution is 2.21. The second-order valence-electron chi connectivity index (χ2n) is 4.96. The van der Waals surface area contributed by atoms with Gasteiger partial charge in [-0.25, -0.2) is 13.1 Å². The number of sulfonamides is 1. The molecular formula is C13H22N2O3S2. The fourth-order valence-electron chi connectivity index (χ4n) is 2.09. The van der Waals surface area contributed by atoms with Crippen molar-refractivity contribution in [2.45, 2.75) is 43.0 Å². The fourth-order valence-corrected chi connectivity index (χ4v) is 4.62. The van der Waals surface area contributed by atoms with Gasteiger partial charge in [-0.3, -0.25) is 0 Å². The van der Waals surface area contributed by atoms with Crippen LogP contribution in [0, 0.1) is 0 Å². The van der Waals surface area contributed by atoms with Crippen LogP contribution in [0.25, 0.3) is 0 Å². The van der Waals surface area contributed by atoms with Gasteiger partial charge in [-0.15, -0.1) is 11.3 Å². The molecule has 7 heteroatoms. The molecule has 0 aliphatic carbocycles. The van der Waals surface area contributed by atoms with Gasteiger partial charge in [0.25, 0.3) is 0 Å². The fraction of sp³-hybridized carbons (Fsp3) is 0.692. The van der Waals surface area contributed by atoms with Crippen molar-refractivity contribution in [1.82, 2.24) is 10.0 Å². The lowest BCUT2D eigenvalue weighted by molar-refractivity contribution is 0.0832. The van der Waals surface area contributed by atoms with E-state index in [1.54, 1.807) is 6.07 Å². The Bertz CT molecular complexity index is 507. The molecule has 2 heterocycles. The van der Waals surface area contributed by atoms with Crippen LogP contribution in [0.2, 0.25) is 0 Å². The van der Waals surface area contributed by atoms with Crippen LogP contribution in [-0.2, 0) is 21.3 Å². The third-order valence-electron chi connectivity index (χ3n) is 3.19. The highest BCUT2D eigenvalue weighted by Gasteiger charge is 2.23. The average Bonchev–Trinajstić information content (AvgIpc) is 2.89. The van der Waals surface area contributed by atoms with Crippen LogP contribution in [0.5, 0.6) is 0 Å². The monoisotopic (exact) mass is 318 g/mol. The lowest BCUT2D eigenvalue weighted by atomic mass is 10.1. The molecular weight excluding hydrogens is 296 g/mol. The molecule has 114 valence electrons. The SMILES string of the molecule is CCCNCc1csc(S(=O)(=O)NC2CCOCC2)c1. The van der Waals surface area contributed by atoms with E-state index in [1.165, 1.54) is 11.3 Å². The van der Waals surface area contributed by atoms with Gasteiger partial charge in [0.05, 0.1) is 0 Å². The summed E-state index contributed by atoms with van der Waals surface area (Å²) in [6.45, 7) is 5.03. The molecule has 2 rings (SSSR count). The summed E-state index contributed by atoms with van der Waals surface area (Å²) in [5, 5.41) is 5.18. The molecule has 1 aromatic heterocycles. The molecule has 1 aromatic rings. The molecule has 0 spiro atoms. The first-order valence-electron chi connectivity index (χ1n) is 7.00. The zero-order valence-corrected chi connectivity index (χ0v) is 13.4. The van der Waals surface area contributed by atoms with Crippen LogP contribution in [0.4, 0.5) is 0 Å². The Labute approximate surface area is 124 Å². The molecule has 2 N–H and O–H groups in total. The van der Waals surface area contributed by atoms with Gasteiger partial charge in [0.1, 0.15) is 4.21 Å². The van der Waals surface area contributed by atoms with E-state index in [4.69, 9.17) is 4.74 Å². The largest absolute Gasteiger partial charge is 0.381 e. The molecule has 0 aromatic carbocycles. The molecule has 0 radical (unpaired) electrons. The van der Waals surface area contributed by atoms with Crippen molar-refractivity contribution in [3.63, 3.8) is 0 Å². The summed E-state index contributed by atoms with van der Waals surface area (Å²) < 4.78 is 33.0. The van der Waals surface area contributed by atoms with Gasteiger partial charge in [0.15, 0.2) is 0 Å². The Morgan fingerprint density at radius 3 is 2.85 bits per heavy atom. The number of thiophene rings is 1. The van der Waals surface area contributed by atoms with Gasteiger partial charge in [0.2, 0.25) is 10.0 Å². The summed E-state index contributed by atoms with van der Waals surface area (Å²) in [6.07, 6.45) is 2.56. The topological polar surface area (TPSA) is 67.4 Å². The average molecular weight is 318 g/mol. The Hall–Kier alpha value is -0.470. The van der Waals surface area contributed by atoms with E-state index in [2.05, 4.69) is 17.0 Å². The summed E-state index contributed by atoms with van der Waals surface area (Å²) in [5.74, 6) is 0. The van der Waals surface area contributed by atoms with Crippen molar-refractivity contribution in [3.8, 4) is 0 Å². The molecule has 20 heavy (non-hydrogen) atoms. The summed E-state index contributed by atoms with van der Waals surface area (Å²) in [5.41, 5.74) is 1.02. The van der Waals surface area contributed by atoms with Gasteiger partial charge in [0, 0.05) is 25.8 Å². The second kappa shape index (κ2) is 7.51. The molecule has 1 aliphatic rings. The van der Waals surface area contributed by atoms with E-state index >= 15 is 0 Å². The third-order valence-corrected chi connectivity index (χ3v) is 6.20. The first kappa shape index (κ1) is 15.9. The molecule has 0 bridgehead atoms. The predicted octanol–water partition coefficient (Wildman–Crippen LogP) is 1.70. The molecule has 1 aliphatic heterocycles. The number of hydrogen-bond acceptors (Lipinski definition) is 5. The van der Waals surface area contributed by atoms with Crippen LogP contribution in [0.3, 0.4) is 0 Å². The first-order chi connectivity index (χ1) is 9.62. The number of ether oxygens (including phenoxy) is 1. The minimum absolute atomic E-state index is 0.00230. The van der Waals surface area contributed by atoms with Gasteiger partial charge in [-0.2, -0.15) is 0 Å². The molecule has 5 nitrogen and oxygen atoms in total. The lowest BCUT2D eigenvalue weighted by Crippen LogP contribution is -2.38. The Morgan fingerprint density at radius 2 is 2.15 bits per heavy atom. The lowest BCUT2D eigenvalue weighted by Gasteiger charge is -2.22. The Balaban J connectivity index is 1.94. The zero-order chi connectivity index (χ0) is 14.4. The van der Waals surface area contributed by atoms with Gasteiger partial charge in [-0.05, 0) is 42.8 Å². The van der Waals surface area contributed by atoms with Gasteiger partial charge < -0.3 is 10.1 Å². The van der Waals surface area contributed by atoms with E-state index in [0.717, 1.165) is 37.9 Å². The molecule has 0 unspecified atom stereocenters. The maximum atomic E-state index is 12.3. The Morgan fingerprint density at radius 1 is 1.40 bits per heavy atom. The summed E-state index contributed by atoms with van der Waals surface area (Å²) in [7, 11) is -3.38. The second-order valence-corrected chi connectivity index (χ2v) is 7.81. The van der Waals surface area contributed by atoms with Crippen molar-refractivity contribution in [2.24, 2.45) is 0 Å². The van der Waals surface area contributed by atoms with Crippen LogP contribution in [0.1, 0.15) is 31.7 Å². The van der Waals surface area contributed by atoms with Crippen LogP contribution in [0.15, 0.2) is 15.7 Å². The minimum Gasteiger partial charge on any atom is -0.381 e. The van der Waals surface area contributed by atoms with E-state index in [-0.39, 0.29) is 6.04 Å². The van der Waals surface area contributed by atoms with E-state index in [1.807, 2.05) is 5.38 Å². The van der Waals surface area contributed by atoms with E-state index < -0.39 is 10.0 Å². The smallest absolute Gasteiger partial charge is 0.250 e. The molecule has 1 saturated heterocycles. The molecule has 0 atom stereocenters. The number of nitrogens with one attached hydrogen (secondary N) is 2. The highest BCUT2D eigenvalue weighted by molar-refractivity contribution is 7.91. The van der Waals surface area contributed by atoms with Crippen molar-refractivity contribution < 1.29 is 13.2 Å². The zero-order valence-electron chi connectivity index (χ0n) is 11.7. The molecule has 0 saturated carbocycles. The van der Waals surface area contributed by atoms with Crippen LogP contribution >= 0.6 is 11.3 Å². The summed E-state index contributed by atoms with van der Waals surface area (Å²) in [6, 6.07) is 1.76. The van der Waals surface area contributed by atoms with E-state index in [0.29, 0.717) is 17.4 Å². The maximum Gasteiger partial charge on any atom is 0.250 e. The van der Waals surface area contributed by atoms with Crippen molar-refractivity contribution in [1.29, 1.82) is 0 Å². The summed E-state index contributed by atoms with van der Waals surface area (Å²) in [4.78, 5) is 0. The van der Waals surface area contributed by atoms with Crippen molar-refractivity contribution >= 4 is 21.4 Å². The maximum absolute atomic E-state index is 12.3. The normalized spacial score (nSPS) is 17.4. The predicted molar refractivity (Wildman–Crippen MR) is 80.5 cm³/mol. The van der Waals surface area contributed by atoms with Crippen molar-refractivity contribution in [2.75, 3.05) is 19.8 Å². The van der Waals surface area contributed by atoms with Gasteiger partial charge >= 0.3 is 0 Å². The number of rotatable bonds is 7. The minimum atomic E-state index is -3.38. The first-order valence-corrected chi connectivity index (χ1v) is 9.36. The van der Waals surface area contributed by atoms with Crippen LogP contribution in [-0.4, -0.2) is 34.2 Å². The molecule has 1 fully saturated rings. The van der Waals surface area contributed by atoms with Crippen molar-refractivity contribution in [3.05, 3.63) is 17.0 Å². The van der Waals surface area contributed by atoms with E-state index in [9.17, 15) is 8.42 Å². The number of hydrogen-bond donors (Lipinski definition) is 2. The quantitative estimate of drug-likeness (QED) is 0.751. The molecule has 0 amide bonds. The highest BCUT2D eigenvalue weighted by atomic mass is 32.2. The summed E-state index contributed by atoms with van der Waals surface area (Å²) >= 11 is 1.28.